The van der Waals surface area contributed by atoms with Gasteiger partial charge in [0.1, 0.15) is 0 Å². The number of carbonyl (C=O) groups excluding carboxylic acids is 2. The zero-order chi connectivity index (χ0) is 16.0. The summed E-state index contributed by atoms with van der Waals surface area (Å²) in [6.07, 6.45) is 0.998. The van der Waals surface area contributed by atoms with Gasteiger partial charge in [0, 0.05) is 17.3 Å². The van der Waals surface area contributed by atoms with Gasteiger partial charge in [-0.15, -0.1) is 0 Å². The van der Waals surface area contributed by atoms with Gasteiger partial charge in [0.2, 0.25) is 0 Å². The monoisotopic (exact) mass is 312 g/mol. The highest BCUT2D eigenvalue weighted by atomic mass is 35.5. The summed E-state index contributed by atoms with van der Waals surface area (Å²) in [5.41, 5.74) is 0.199. The lowest BCUT2D eigenvalue weighted by atomic mass is 9.98. The molecule has 0 aliphatic heterocycles. The molecule has 1 aromatic carbocycles. The van der Waals surface area contributed by atoms with Crippen molar-refractivity contribution in [2.24, 2.45) is 0 Å². The first-order valence-electron chi connectivity index (χ1n) is 6.89. The van der Waals surface area contributed by atoms with Crippen molar-refractivity contribution in [2.75, 3.05) is 11.9 Å². The third-order valence-electron chi connectivity index (χ3n) is 3.62. The van der Waals surface area contributed by atoms with Crippen LogP contribution in [0.2, 0.25) is 5.02 Å². The number of benzene rings is 1. The molecule has 6 heteroatoms. The highest BCUT2D eigenvalue weighted by Crippen LogP contribution is 2.22. The third kappa shape index (κ3) is 4.72. The van der Waals surface area contributed by atoms with Crippen molar-refractivity contribution in [2.45, 2.75) is 39.2 Å². The molecule has 1 rings (SSSR count). The number of carbonyl (C=O) groups is 2. The Bertz CT molecular complexity index is 528. The quantitative estimate of drug-likeness (QED) is 0.730. The first kappa shape index (κ1) is 17.5. The number of halogens is 1. The van der Waals surface area contributed by atoms with Crippen LogP contribution in [0.1, 0.15) is 32.3 Å². The summed E-state index contributed by atoms with van der Waals surface area (Å²) in [4.78, 5) is 23.6. The van der Waals surface area contributed by atoms with Gasteiger partial charge in [0.25, 0.3) is 0 Å². The SMILES string of the molecule is CCC(O)(CC)CNC(=O)C(=O)Nc1cccc(Cl)c1C. The van der Waals surface area contributed by atoms with Crippen molar-refractivity contribution >= 4 is 29.1 Å². The first-order valence-corrected chi connectivity index (χ1v) is 7.27. The Morgan fingerprint density at radius 2 is 1.86 bits per heavy atom. The molecular formula is C15H21ClN2O3. The second kappa shape index (κ2) is 7.43. The molecule has 0 aliphatic carbocycles. The van der Waals surface area contributed by atoms with E-state index in [1.807, 2.05) is 13.8 Å². The Kier molecular flexibility index (Phi) is 6.18. The van der Waals surface area contributed by atoms with E-state index >= 15 is 0 Å². The average Bonchev–Trinajstić information content (AvgIpc) is 2.49. The zero-order valence-corrected chi connectivity index (χ0v) is 13.3. The lowest BCUT2D eigenvalue weighted by Crippen LogP contribution is -2.45. The molecule has 0 aliphatic rings. The smallest absolute Gasteiger partial charge is 0.313 e. The highest BCUT2D eigenvalue weighted by molar-refractivity contribution is 6.40. The molecule has 0 unspecified atom stereocenters. The Balaban J connectivity index is 2.64. The van der Waals surface area contributed by atoms with E-state index in [9.17, 15) is 14.7 Å². The molecule has 0 fully saturated rings. The average molecular weight is 313 g/mol. The molecular weight excluding hydrogens is 292 g/mol. The molecule has 0 aromatic heterocycles. The fourth-order valence-electron chi connectivity index (χ4n) is 1.75. The molecule has 0 atom stereocenters. The predicted octanol–water partition coefficient (Wildman–Crippen LogP) is 2.25. The Morgan fingerprint density at radius 3 is 2.43 bits per heavy atom. The van der Waals surface area contributed by atoms with Crippen LogP contribution in [0.25, 0.3) is 0 Å². The molecule has 0 radical (unpaired) electrons. The summed E-state index contributed by atoms with van der Waals surface area (Å²) in [5, 5.41) is 15.5. The first-order chi connectivity index (χ1) is 9.83. The van der Waals surface area contributed by atoms with Crippen molar-refractivity contribution < 1.29 is 14.7 Å². The van der Waals surface area contributed by atoms with E-state index < -0.39 is 17.4 Å². The molecule has 0 heterocycles. The van der Waals surface area contributed by atoms with Crippen molar-refractivity contribution in [3.63, 3.8) is 0 Å². The van der Waals surface area contributed by atoms with Gasteiger partial charge in [-0.05, 0) is 37.5 Å². The third-order valence-corrected chi connectivity index (χ3v) is 4.03. The minimum Gasteiger partial charge on any atom is -0.388 e. The molecule has 0 spiro atoms. The zero-order valence-electron chi connectivity index (χ0n) is 12.5. The molecule has 0 saturated carbocycles. The number of hydrogen-bond donors (Lipinski definition) is 3. The number of aliphatic hydroxyl groups is 1. The maximum absolute atomic E-state index is 11.8. The molecule has 3 N–H and O–H groups in total. The van der Waals surface area contributed by atoms with Gasteiger partial charge in [-0.2, -0.15) is 0 Å². The van der Waals surface area contributed by atoms with Crippen LogP contribution in [0.4, 0.5) is 5.69 Å². The molecule has 21 heavy (non-hydrogen) atoms. The molecule has 5 nitrogen and oxygen atoms in total. The maximum Gasteiger partial charge on any atom is 0.313 e. The summed E-state index contributed by atoms with van der Waals surface area (Å²) in [7, 11) is 0. The van der Waals surface area contributed by atoms with Crippen molar-refractivity contribution in [1.29, 1.82) is 0 Å². The topological polar surface area (TPSA) is 78.4 Å². The fourth-order valence-corrected chi connectivity index (χ4v) is 1.92. The van der Waals surface area contributed by atoms with Crippen LogP contribution >= 0.6 is 11.6 Å². The van der Waals surface area contributed by atoms with Gasteiger partial charge in [-0.1, -0.05) is 31.5 Å². The van der Waals surface area contributed by atoms with Crippen molar-refractivity contribution in [1.82, 2.24) is 5.32 Å². The number of amides is 2. The van der Waals surface area contributed by atoms with Crippen LogP contribution in [0.15, 0.2) is 18.2 Å². The Morgan fingerprint density at radius 1 is 1.24 bits per heavy atom. The summed E-state index contributed by atoms with van der Waals surface area (Å²) in [6, 6.07) is 5.06. The highest BCUT2D eigenvalue weighted by Gasteiger charge is 2.24. The van der Waals surface area contributed by atoms with Crippen molar-refractivity contribution in [3.05, 3.63) is 28.8 Å². The van der Waals surface area contributed by atoms with Crippen LogP contribution in [-0.2, 0) is 9.59 Å². The lowest BCUT2D eigenvalue weighted by Gasteiger charge is -2.25. The van der Waals surface area contributed by atoms with E-state index in [0.29, 0.717) is 29.1 Å². The maximum atomic E-state index is 11.8. The van der Waals surface area contributed by atoms with E-state index in [1.54, 1.807) is 25.1 Å². The summed E-state index contributed by atoms with van der Waals surface area (Å²) in [6.45, 7) is 5.44. The summed E-state index contributed by atoms with van der Waals surface area (Å²) >= 11 is 5.95. The summed E-state index contributed by atoms with van der Waals surface area (Å²) < 4.78 is 0. The van der Waals surface area contributed by atoms with Crippen LogP contribution in [0.3, 0.4) is 0 Å². The number of nitrogens with one attached hydrogen (secondary N) is 2. The van der Waals surface area contributed by atoms with Gasteiger partial charge in [-0.3, -0.25) is 9.59 Å². The standard InChI is InChI=1S/C15H21ClN2O3/c1-4-15(21,5-2)9-17-13(19)14(20)18-12-8-6-7-11(16)10(12)3/h6-8,21H,4-5,9H2,1-3H3,(H,17,19)(H,18,20). The van der Waals surface area contributed by atoms with Gasteiger partial charge in [0.15, 0.2) is 0 Å². The van der Waals surface area contributed by atoms with Crippen LogP contribution in [-0.4, -0.2) is 29.1 Å². The Hall–Kier alpha value is -1.59. The lowest BCUT2D eigenvalue weighted by molar-refractivity contribution is -0.136. The van der Waals surface area contributed by atoms with E-state index in [-0.39, 0.29) is 6.54 Å². The van der Waals surface area contributed by atoms with Crippen molar-refractivity contribution in [3.8, 4) is 0 Å². The minimum absolute atomic E-state index is 0.0424. The molecule has 1 aromatic rings. The predicted molar refractivity (Wildman–Crippen MR) is 83.4 cm³/mol. The normalized spacial score (nSPS) is 11.1. The van der Waals surface area contributed by atoms with Gasteiger partial charge in [0.05, 0.1) is 5.60 Å². The largest absolute Gasteiger partial charge is 0.388 e. The van der Waals surface area contributed by atoms with E-state index in [1.165, 1.54) is 0 Å². The van der Waals surface area contributed by atoms with Gasteiger partial charge in [-0.25, -0.2) is 0 Å². The van der Waals surface area contributed by atoms with Crippen LogP contribution < -0.4 is 10.6 Å². The molecule has 116 valence electrons. The van der Waals surface area contributed by atoms with E-state index in [2.05, 4.69) is 10.6 Å². The number of rotatable bonds is 5. The number of anilines is 1. The van der Waals surface area contributed by atoms with E-state index in [0.717, 1.165) is 0 Å². The van der Waals surface area contributed by atoms with Crippen LogP contribution in [0, 0.1) is 6.92 Å². The fraction of sp³-hybridized carbons (Fsp3) is 0.467. The van der Waals surface area contributed by atoms with Gasteiger partial charge < -0.3 is 15.7 Å². The van der Waals surface area contributed by atoms with Crippen LogP contribution in [0.5, 0.6) is 0 Å². The molecule has 0 saturated heterocycles. The second-order valence-corrected chi connectivity index (χ2v) is 5.39. The summed E-state index contributed by atoms with van der Waals surface area (Å²) in [5.74, 6) is -1.57. The molecule has 0 bridgehead atoms. The second-order valence-electron chi connectivity index (χ2n) is 4.98. The van der Waals surface area contributed by atoms with Gasteiger partial charge >= 0.3 is 11.8 Å². The number of hydrogen-bond acceptors (Lipinski definition) is 3. The molecule has 2 amide bonds. The van der Waals surface area contributed by atoms with E-state index in [4.69, 9.17) is 11.6 Å². The minimum atomic E-state index is -0.984. The Labute approximate surface area is 129 Å².